The molecule has 1 aliphatic rings. The molecule has 11 heteroatoms. The molecule has 0 bridgehead atoms. The predicted molar refractivity (Wildman–Crippen MR) is 90.5 cm³/mol. The number of amides is 2. The number of halogens is 5. The fourth-order valence-electron chi connectivity index (χ4n) is 2.85. The Balaban J connectivity index is 1.95. The van der Waals surface area contributed by atoms with Crippen molar-refractivity contribution in [2.75, 3.05) is 13.2 Å². The second-order valence-electron chi connectivity index (χ2n) is 6.49. The van der Waals surface area contributed by atoms with Crippen molar-refractivity contribution in [1.82, 2.24) is 10.6 Å². The topological polar surface area (TPSA) is 84.5 Å². The summed E-state index contributed by atoms with van der Waals surface area (Å²) >= 11 is 0. The molecule has 0 spiro atoms. The monoisotopic (exact) mass is 422 g/mol. The third-order valence-corrected chi connectivity index (χ3v) is 4.37. The van der Waals surface area contributed by atoms with Crippen molar-refractivity contribution < 1.29 is 41.1 Å². The van der Waals surface area contributed by atoms with Gasteiger partial charge in [0, 0.05) is 11.5 Å². The van der Waals surface area contributed by atoms with Gasteiger partial charge in [-0.25, -0.2) is 0 Å². The van der Waals surface area contributed by atoms with Crippen molar-refractivity contribution in [1.29, 1.82) is 0 Å². The molecule has 0 aliphatic carbocycles. The van der Waals surface area contributed by atoms with E-state index in [1.54, 1.807) is 31.2 Å². The quantitative estimate of drug-likeness (QED) is 0.545. The van der Waals surface area contributed by atoms with Crippen LogP contribution in [-0.4, -0.2) is 48.9 Å². The Labute approximate surface area is 162 Å². The minimum absolute atomic E-state index is 0.203. The van der Waals surface area contributed by atoms with Crippen LogP contribution in [0.25, 0.3) is 0 Å². The van der Waals surface area contributed by atoms with Crippen LogP contribution < -0.4 is 15.4 Å². The number of nitrogens with one attached hydrogen (secondary N) is 2. The van der Waals surface area contributed by atoms with E-state index >= 15 is 0 Å². The molecule has 6 nitrogen and oxygen atoms in total. The first-order valence-electron chi connectivity index (χ1n) is 8.72. The summed E-state index contributed by atoms with van der Waals surface area (Å²) in [4.78, 5) is 36.2. The molecule has 1 heterocycles. The number of fused-ring (bicyclic) bond motifs is 1. The number of hydrogen-bond donors (Lipinski definition) is 2. The molecule has 2 rings (SSSR count). The average Bonchev–Trinajstić information content (AvgIpc) is 2.76. The van der Waals surface area contributed by atoms with Crippen molar-refractivity contribution in [3.63, 3.8) is 0 Å². The molecule has 0 saturated heterocycles. The first kappa shape index (κ1) is 22.6. The fraction of sp³-hybridized carbons (Fsp3) is 0.500. The van der Waals surface area contributed by atoms with Crippen LogP contribution in [0.1, 0.15) is 31.2 Å². The molecule has 1 unspecified atom stereocenters. The minimum Gasteiger partial charge on any atom is -0.491 e. The van der Waals surface area contributed by atoms with Crippen LogP contribution in [0.2, 0.25) is 0 Å². The van der Waals surface area contributed by atoms with Gasteiger partial charge < -0.3 is 15.4 Å². The number of hydrogen-bond acceptors (Lipinski definition) is 4. The molecule has 1 aromatic rings. The maximum atomic E-state index is 12.8. The van der Waals surface area contributed by atoms with Crippen molar-refractivity contribution in [2.45, 2.75) is 43.8 Å². The Morgan fingerprint density at radius 3 is 2.41 bits per heavy atom. The number of ether oxygens (including phenoxy) is 1. The van der Waals surface area contributed by atoms with Crippen molar-refractivity contribution >= 4 is 17.6 Å². The van der Waals surface area contributed by atoms with Gasteiger partial charge in [0.05, 0.1) is 6.54 Å². The Hall–Kier alpha value is -2.72. The molecule has 0 aromatic heterocycles. The lowest BCUT2D eigenvalue weighted by Gasteiger charge is -2.20. The first-order chi connectivity index (χ1) is 13.5. The molecular formula is C18H19F5N2O4. The minimum atomic E-state index is -5.82. The van der Waals surface area contributed by atoms with Gasteiger partial charge in [-0.2, -0.15) is 22.0 Å². The smallest absolute Gasteiger partial charge is 0.455 e. The van der Waals surface area contributed by atoms with Gasteiger partial charge in [-0.05, 0) is 12.5 Å². The van der Waals surface area contributed by atoms with Gasteiger partial charge in [0.15, 0.2) is 5.78 Å². The van der Waals surface area contributed by atoms with Gasteiger partial charge in [-0.15, -0.1) is 0 Å². The first-order valence-corrected chi connectivity index (χ1v) is 8.72. The lowest BCUT2D eigenvalue weighted by Crippen LogP contribution is -2.49. The molecule has 29 heavy (non-hydrogen) atoms. The highest BCUT2D eigenvalue weighted by Crippen LogP contribution is 2.35. The van der Waals surface area contributed by atoms with Gasteiger partial charge in [-0.1, -0.05) is 25.1 Å². The van der Waals surface area contributed by atoms with Crippen LogP contribution in [-0.2, 0) is 14.4 Å². The number of Topliss-reactive ketones (excluding diaryl/α,β-unsaturated/α-hetero) is 1. The molecule has 0 radical (unpaired) electrons. The summed E-state index contributed by atoms with van der Waals surface area (Å²) in [6.45, 7) is -0.412. The van der Waals surface area contributed by atoms with E-state index < -0.39 is 48.8 Å². The van der Waals surface area contributed by atoms with Gasteiger partial charge in [0.2, 0.25) is 11.8 Å². The highest BCUT2D eigenvalue weighted by molar-refractivity contribution is 6.00. The summed E-state index contributed by atoms with van der Waals surface area (Å²) in [5.74, 6) is -7.88. The van der Waals surface area contributed by atoms with E-state index in [0.717, 1.165) is 0 Å². The Bertz CT molecular complexity index is 782. The largest absolute Gasteiger partial charge is 0.491 e. The molecule has 0 saturated carbocycles. The van der Waals surface area contributed by atoms with Crippen LogP contribution in [0, 0.1) is 0 Å². The number of benzene rings is 1. The zero-order valence-corrected chi connectivity index (χ0v) is 15.3. The number of alkyl halides is 5. The van der Waals surface area contributed by atoms with Crippen LogP contribution in [0.3, 0.4) is 0 Å². The van der Waals surface area contributed by atoms with Crippen molar-refractivity contribution in [3.05, 3.63) is 29.8 Å². The SMILES string of the molecule is CCC1C(=O)[C@@H](NC(=O)CC(=O)NCC(F)(F)C(F)(F)F)COc2ccccc21. The molecule has 1 aliphatic heterocycles. The van der Waals surface area contributed by atoms with E-state index in [9.17, 15) is 36.3 Å². The fourth-order valence-corrected chi connectivity index (χ4v) is 2.85. The molecular weight excluding hydrogens is 403 g/mol. The van der Waals surface area contributed by atoms with E-state index in [4.69, 9.17) is 4.74 Å². The van der Waals surface area contributed by atoms with Crippen LogP contribution >= 0.6 is 0 Å². The maximum Gasteiger partial charge on any atom is 0.455 e. The van der Waals surface area contributed by atoms with E-state index in [-0.39, 0.29) is 12.4 Å². The third-order valence-electron chi connectivity index (χ3n) is 4.37. The highest BCUT2D eigenvalue weighted by Gasteiger charge is 2.57. The van der Waals surface area contributed by atoms with Crippen LogP contribution in [0.5, 0.6) is 5.75 Å². The third kappa shape index (κ3) is 5.42. The van der Waals surface area contributed by atoms with E-state index in [2.05, 4.69) is 5.32 Å². The Kier molecular flexibility index (Phi) is 6.81. The zero-order valence-electron chi connectivity index (χ0n) is 15.3. The molecule has 2 atom stereocenters. The molecule has 1 aromatic carbocycles. The second kappa shape index (κ2) is 8.75. The number of carbonyl (C=O) groups is 3. The maximum absolute atomic E-state index is 12.8. The predicted octanol–water partition coefficient (Wildman–Crippen LogP) is 2.33. The summed E-state index contributed by atoms with van der Waals surface area (Å²) in [6.07, 6.45) is -6.41. The van der Waals surface area contributed by atoms with Gasteiger partial charge in [0.25, 0.3) is 0 Å². The second-order valence-corrected chi connectivity index (χ2v) is 6.49. The molecule has 2 amide bonds. The van der Waals surface area contributed by atoms with Gasteiger partial charge in [0.1, 0.15) is 24.8 Å². The highest BCUT2D eigenvalue weighted by atomic mass is 19.4. The zero-order chi connectivity index (χ0) is 21.8. The van der Waals surface area contributed by atoms with Crippen molar-refractivity contribution in [2.24, 2.45) is 0 Å². The Morgan fingerprint density at radius 2 is 1.79 bits per heavy atom. The average molecular weight is 422 g/mol. The summed E-state index contributed by atoms with van der Waals surface area (Å²) in [7, 11) is 0. The molecule has 0 fully saturated rings. The Morgan fingerprint density at radius 1 is 1.14 bits per heavy atom. The van der Waals surface area contributed by atoms with E-state index in [0.29, 0.717) is 17.7 Å². The summed E-state index contributed by atoms with van der Waals surface area (Å²) in [5.41, 5.74) is 0.656. The van der Waals surface area contributed by atoms with E-state index in [1.807, 2.05) is 0 Å². The number of carbonyl (C=O) groups excluding carboxylic acids is 3. The summed E-state index contributed by atoms with van der Waals surface area (Å²) in [5, 5.41) is 3.65. The number of para-hydroxylation sites is 1. The molecule has 2 N–H and O–H groups in total. The summed E-state index contributed by atoms with van der Waals surface area (Å²) in [6, 6.07) is 5.75. The number of rotatable bonds is 6. The normalized spacial score (nSPS) is 19.6. The summed E-state index contributed by atoms with van der Waals surface area (Å²) < 4.78 is 67.4. The number of ketones is 1. The van der Waals surface area contributed by atoms with Crippen LogP contribution in [0.4, 0.5) is 22.0 Å². The van der Waals surface area contributed by atoms with Gasteiger partial charge in [-0.3, -0.25) is 14.4 Å². The van der Waals surface area contributed by atoms with Crippen LogP contribution in [0.15, 0.2) is 24.3 Å². The lowest BCUT2D eigenvalue weighted by atomic mass is 9.89. The van der Waals surface area contributed by atoms with E-state index in [1.165, 1.54) is 5.32 Å². The molecule has 160 valence electrons. The van der Waals surface area contributed by atoms with Gasteiger partial charge >= 0.3 is 12.1 Å². The lowest BCUT2D eigenvalue weighted by molar-refractivity contribution is -0.278. The van der Waals surface area contributed by atoms with Crippen molar-refractivity contribution in [3.8, 4) is 5.75 Å². The standard InChI is InChI=1S/C18H19F5N2O4/c1-2-10-11-5-3-4-6-13(11)29-8-12(16(10)28)25-15(27)7-14(26)24-9-17(19,20)18(21,22)23/h3-6,10,12H,2,7-9H2,1H3,(H,24,26)(H,25,27)/t10?,12-/m0/s1.